The fraction of sp³-hybridized carbons (Fsp3) is 0.583. The van der Waals surface area contributed by atoms with Crippen LogP contribution in [0.2, 0.25) is 0 Å². The Bertz CT molecular complexity index is 601. The summed E-state index contributed by atoms with van der Waals surface area (Å²) >= 11 is 0. The first-order chi connectivity index (χ1) is 9.85. The van der Waals surface area contributed by atoms with Gasteiger partial charge in [0.2, 0.25) is 5.91 Å². The minimum atomic E-state index is -1.37. The molecule has 4 atom stereocenters. The summed E-state index contributed by atoms with van der Waals surface area (Å²) in [5, 5.41) is 31.0. The molecule has 1 aliphatic rings. The summed E-state index contributed by atoms with van der Waals surface area (Å²) in [6.45, 7) is 2.42. The summed E-state index contributed by atoms with van der Waals surface area (Å²) in [5.41, 5.74) is -0.262. The van der Waals surface area contributed by atoms with Crippen molar-refractivity contribution in [3.63, 3.8) is 0 Å². The zero-order chi connectivity index (χ0) is 15.7. The van der Waals surface area contributed by atoms with E-state index in [1.54, 1.807) is 6.92 Å². The fourth-order valence-electron chi connectivity index (χ4n) is 2.15. The Kier molecular flexibility index (Phi) is 4.37. The predicted octanol–water partition coefficient (Wildman–Crippen LogP) is -1.88. The summed E-state index contributed by atoms with van der Waals surface area (Å²) < 4.78 is 6.28. The number of hydrogen-bond acceptors (Lipinski definition) is 7. The molecule has 4 N–H and O–H groups in total. The highest BCUT2D eigenvalue weighted by Gasteiger charge is 2.43. The fourth-order valence-corrected chi connectivity index (χ4v) is 2.15. The van der Waals surface area contributed by atoms with Gasteiger partial charge in [0.05, 0.1) is 6.61 Å². The molecule has 1 saturated heterocycles. The molecule has 0 spiro atoms. The molecule has 2 heterocycles. The summed E-state index contributed by atoms with van der Waals surface area (Å²) in [5.74, 6) is -0.244. The summed E-state index contributed by atoms with van der Waals surface area (Å²) in [6.07, 6.45) is -3.44. The van der Waals surface area contributed by atoms with Crippen LogP contribution >= 0.6 is 0 Å². The first-order valence-electron chi connectivity index (χ1n) is 6.35. The van der Waals surface area contributed by atoms with Crippen molar-refractivity contribution in [3.05, 3.63) is 22.2 Å². The Morgan fingerprint density at radius 1 is 1.48 bits per heavy atom. The van der Waals surface area contributed by atoms with Crippen LogP contribution in [-0.4, -0.2) is 55.7 Å². The van der Waals surface area contributed by atoms with Crippen molar-refractivity contribution in [2.24, 2.45) is 0 Å². The Labute approximate surface area is 119 Å². The number of nitrogens with zero attached hydrogens (tertiary/aromatic N) is 2. The zero-order valence-corrected chi connectivity index (χ0v) is 11.6. The molecule has 0 unspecified atom stereocenters. The lowest BCUT2D eigenvalue weighted by atomic mass is 10.1. The second-order valence-electron chi connectivity index (χ2n) is 4.87. The number of anilines is 1. The van der Waals surface area contributed by atoms with Gasteiger partial charge in [-0.25, -0.2) is 4.79 Å². The van der Waals surface area contributed by atoms with Crippen molar-refractivity contribution in [2.75, 3.05) is 11.9 Å². The van der Waals surface area contributed by atoms with Gasteiger partial charge in [0.25, 0.3) is 0 Å². The van der Waals surface area contributed by atoms with Crippen molar-refractivity contribution in [3.8, 4) is 0 Å². The quantitative estimate of drug-likeness (QED) is 0.513. The highest BCUT2D eigenvalue weighted by Crippen LogP contribution is 2.28. The van der Waals surface area contributed by atoms with Gasteiger partial charge in [-0.05, 0) is 6.92 Å². The van der Waals surface area contributed by atoms with E-state index < -0.39 is 36.8 Å². The minimum Gasteiger partial charge on any atom is -0.394 e. The molecule has 9 nitrogen and oxygen atoms in total. The molecule has 1 amide bonds. The Balaban J connectivity index is 2.35. The van der Waals surface area contributed by atoms with E-state index in [4.69, 9.17) is 9.84 Å². The number of amides is 1. The van der Waals surface area contributed by atoms with Crippen LogP contribution in [0.15, 0.2) is 11.0 Å². The molecule has 1 fully saturated rings. The third-order valence-electron chi connectivity index (χ3n) is 3.22. The van der Waals surface area contributed by atoms with E-state index in [2.05, 4.69) is 10.3 Å². The first kappa shape index (κ1) is 15.6. The Morgan fingerprint density at radius 2 is 2.14 bits per heavy atom. The molecule has 0 radical (unpaired) electrons. The number of aliphatic hydroxyl groups is 3. The standard InChI is InChI=1S/C12H17N3O6/c1-5-3-15(12(20)14-10(5)13-6(2)17)11-9(19)8(18)7(4-16)21-11/h3,7-9,11,16,18-19H,4H2,1-2H3,(H,13,14,17,20)/t7-,8-,9-,11-/m1/s1. The Hall–Kier alpha value is -1.81. The monoisotopic (exact) mass is 299 g/mol. The largest absolute Gasteiger partial charge is 0.394 e. The summed E-state index contributed by atoms with van der Waals surface area (Å²) in [7, 11) is 0. The van der Waals surface area contributed by atoms with Crippen molar-refractivity contribution < 1.29 is 24.9 Å². The van der Waals surface area contributed by atoms with Crippen molar-refractivity contribution in [2.45, 2.75) is 38.4 Å². The van der Waals surface area contributed by atoms with E-state index in [1.807, 2.05) is 0 Å². The topological polar surface area (TPSA) is 134 Å². The predicted molar refractivity (Wildman–Crippen MR) is 70.5 cm³/mol. The molecule has 116 valence electrons. The third-order valence-corrected chi connectivity index (χ3v) is 3.22. The van der Waals surface area contributed by atoms with Crippen LogP contribution in [0.4, 0.5) is 5.82 Å². The van der Waals surface area contributed by atoms with Crippen LogP contribution in [0.25, 0.3) is 0 Å². The lowest BCUT2D eigenvalue weighted by molar-refractivity contribution is -0.114. The maximum atomic E-state index is 12.0. The second kappa shape index (κ2) is 5.90. The first-order valence-corrected chi connectivity index (χ1v) is 6.35. The number of aromatic nitrogens is 2. The van der Waals surface area contributed by atoms with Gasteiger partial charge in [-0.15, -0.1) is 0 Å². The van der Waals surface area contributed by atoms with Gasteiger partial charge in [-0.1, -0.05) is 0 Å². The molecule has 1 aliphatic heterocycles. The highest BCUT2D eigenvalue weighted by atomic mass is 16.6. The molecule has 0 bridgehead atoms. The zero-order valence-electron chi connectivity index (χ0n) is 11.6. The average Bonchev–Trinajstić information content (AvgIpc) is 2.69. The maximum Gasteiger partial charge on any atom is 0.351 e. The van der Waals surface area contributed by atoms with E-state index >= 15 is 0 Å². The van der Waals surface area contributed by atoms with Crippen molar-refractivity contribution in [1.29, 1.82) is 0 Å². The van der Waals surface area contributed by atoms with Crippen LogP contribution < -0.4 is 11.0 Å². The van der Waals surface area contributed by atoms with E-state index in [1.165, 1.54) is 13.1 Å². The van der Waals surface area contributed by atoms with E-state index in [9.17, 15) is 19.8 Å². The molecule has 2 rings (SSSR count). The number of carbonyl (C=O) groups is 1. The van der Waals surface area contributed by atoms with Gasteiger partial charge in [-0.2, -0.15) is 4.98 Å². The average molecular weight is 299 g/mol. The minimum absolute atomic E-state index is 0.121. The molecule has 0 aromatic carbocycles. The summed E-state index contributed by atoms with van der Waals surface area (Å²) in [6, 6.07) is 0. The van der Waals surface area contributed by atoms with Crippen molar-refractivity contribution in [1.82, 2.24) is 9.55 Å². The number of hydrogen-bond donors (Lipinski definition) is 4. The van der Waals surface area contributed by atoms with Crippen LogP contribution in [-0.2, 0) is 9.53 Å². The SMILES string of the molecule is CC(=O)Nc1nc(=O)n([C@@H]2O[C@H](CO)[C@@H](O)[C@H]2O)cc1C. The summed E-state index contributed by atoms with van der Waals surface area (Å²) in [4.78, 5) is 26.7. The number of nitrogens with one attached hydrogen (secondary N) is 1. The molecular weight excluding hydrogens is 282 g/mol. The second-order valence-corrected chi connectivity index (χ2v) is 4.87. The van der Waals surface area contributed by atoms with Gasteiger partial charge in [0.15, 0.2) is 6.23 Å². The van der Waals surface area contributed by atoms with Gasteiger partial charge in [0, 0.05) is 18.7 Å². The lowest BCUT2D eigenvalue weighted by Crippen LogP contribution is -2.36. The lowest BCUT2D eigenvalue weighted by Gasteiger charge is -2.18. The maximum absolute atomic E-state index is 12.0. The van der Waals surface area contributed by atoms with E-state index in [0.717, 1.165) is 4.57 Å². The van der Waals surface area contributed by atoms with Crippen LogP contribution in [0.3, 0.4) is 0 Å². The third kappa shape index (κ3) is 2.95. The number of carbonyl (C=O) groups excluding carboxylic acids is 1. The molecule has 21 heavy (non-hydrogen) atoms. The number of rotatable bonds is 3. The van der Waals surface area contributed by atoms with Gasteiger partial charge in [-0.3, -0.25) is 9.36 Å². The number of aryl methyl sites for hydroxylation is 1. The molecule has 1 aromatic heterocycles. The van der Waals surface area contributed by atoms with Crippen molar-refractivity contribution >= 4 is 11.7 Å². The number of ether oxygens (including phenoxy) is 1. The van der Waals surface area contributed by atoms with Gasteiger partial charge in [0.1, 0.15) is 24.1 Å². The van der Waals surface area contributed by atoms with Gasteiger partial charge < -0.3 is 25.4 Å². The molecule has 0 aliphatic carbocycles. The van der Waals surface area contributed by atoms with E-state index in [0.29, 0.717) is 5.56 Å². The molecule has 9 heteroatoms. The van der Waals surface area contributed by atoms with E-state index in [-0.39, 0.29) is 11.7 Å². The highest BCUT2D eigenvalue weighted by molar-refractivity contribution is 5.88. The normalized spacial score (nSPS) is 28.6. The van der Waals surface area contributed by atoms with Gasteiger partial charge >= 0.3 is 5.69 Å². The smallest absolute Gasteiger partial charge is 0.351 e. The van der Waals surface area contributed by atoms with Crippen LogP contribution in [0, 0.1) is 6.92 Å². The molecule has 0 saturated carbocycles. The molecular formula is C12H17N3O6. The van der Waals surface area contributed by atoms with Crippen LogP contribution in [0.1, 0.15) is 18.7 Å². The van der Waals surface area contributed by atoms with Crippen LogP contribution in [0.5, 0.6) is 0 Å². The number of aliphatic hydroxyl groups excluding tert-OH is 3. The Morgan fingerprint density at radius 3 is 2.67 bits per heavy atom. The molecule has 1 aromatic rings.